The summed E-state index contributed by atoms with van der Waals surface area (Å²) in [5.41, 5.74) is 0.0851. The Morgan fingerprint density at radius 2 is 1.89 bits per heavy atom. The number of carbonyl (C=O) groups excluding carboxylic acids is 1. The fourth-order valence-corrected chi connectivity index (χ4v) is 5.08. The van der Waals surface area contributed by atoms with E-state index in [2.05, 4.69) is 0 Å². The first-order chi connectivity index (χ1) is 12.8. The van der Waals surface area contributed by atoms with Crippen LogP contribution in [0.4, 0.5) is 4.39 Å². The number of hydrogen-bond donors (Lipinski definition) is 3. The highest BCUT2D eigenvalue weighted by atomic mass is 32.2. The van der Waals surface area contributed by atoms with Crippen molar-refractivity contribution in [3.8, 4) is 11.1 Å². The lowest BCUT2D eigenvalue weighted by atomic mass is 9.95. The third-order valence-corrected chi connectivity index (χ3v) is 6.89. The molecule has 2 aromatic carbocycles. The number of ether oxygens (including phenoxy) is 1. The number of halogens is 1. The van der Waals surface area contributed by atoms with Crippen LogP contribution in [0, 0.1) is 5.82 Å². The Hall–Kier alpha value is -2.33. The number of carbonyl (C=O) groups is 1. The number of hydrogen-bond acceptors (Lipinski definition) is 6. The molecule has 144 valence electrons. The topological polar surface area (TPSA) is 113 Å². The summed E-state index contributed by atoms with van der Waals surface area (Å²) in [6.07, 6.45) is -0.113. The summed E-state index contributed by atoms with van der Waals surface area (Å²) in [5, 5.41) is 17.9. The molecule has 0 radical (unpaired) electrons. The highest BCUT2D eigenvalue weighted by molar-refractivity contribution is 7.92. The van der Waals surface area contributed by atoms with Gasteiger partial charge in [0.05, 0.1) is 11.5 Å². The van der Waals surface area contributed by atoms with Gasteiger partial charge < -0.3 is 9.84 Å². The minimum Gasteiger partial charge on any atom is -0.378 e. The van der Waals surface area contributed by atoms with Crippen molar-refractivity contribution >= 4 is 15.7 Å². The molecule has 27 heavy (non-hydrogen) atoms. The molecule has 1 amide bonds. The van der Waals surface area contributed by atoms with Crippen LogP contribution < -0.4 is 5.48 Å². The number of benzene rings is 2. The van der Waals surface area contributed by atoms with Gasteiger partial charge in [0.1, 0.15) is 11.1 Å². The SMILES string of the molecule is O=C(NO)C1(O)COCCC1S(=O)(=O)c1ccc(-c2cccc(F)c2)cc1. The lowest BCUT2D eigenvalue weighted by Gasteiger charge is -2.36. The fraction of sp³-hybridized carbons (Fsp3) is 0.278. The van der Waals surface area contributed by atoms with Crippen LogP contribution >= 0.6 is 0 Å². The summed E-state index contributed by atoms with van der Waals surface area (Å²) >= 11 is 0. The largest absolute Gasteiger partial charge is 0.378 e. The van der Waals surface area contributed by atoms with Crippen LogP contribution in [0.3, 0.4) is 0 Å². The second kappa shape index (κ2) is 7.35. The van der Waals surface area contributed by atoms with Crippen LogP contribution in [-0.2, 0) is 19.4 Å². The van der Waals surface area contributed by atoms with Gasteiger partial charge in [0, 0.05) is 6.61 Å². The highest BCUT2D eigenvalue weighted by Gasteiger charge is 2.53. The van der Waals surface area contributed by atoms with Gasteiger partial charge in [0.15, 0.2) is 15.4 Å². The zero-order valence-electron chi connectivity index (χ0n) is 14.1. The van der Waals surface area contributed by atoms with Crippen LogP contribution in [0.1, 0.15) is 6.42 Å². The molecule has 1 aliphatic heterocycles. The zero-order chi connectivity index (χ0) is 19.7. The summed E-state index contributed by atoms with van der Waals surface area (Å²) in [6, 6.07) is 11.6. The fourth-order valence-electron chi connectivity index (χ4n) is 3.14. The predicted molar refractivity (Wildman–Crippen MR) is 93.1 cm³/mol. The Morgan fingerprint density at radius 1 is 1.19 bits per heavy atom. The van der Waals surface area contributed by atoms with Gasteiger partial charge in [0.25, 0.3) is 5.91 Å². The van der Waals surface area contributed by atoms with Crippen molar-refractivity contribution in [1.29, 1.82) is 0 Å². The highest BCUT2D eigenvalue weighted by Crippen LogP contribution is 2.32. The van der Waals surface area contributed by atoms with E-state index in [1.54, 1.807) is 12.1 Å². The van der Waals surface area contributed by atoms with Crippen LogP contribution in [-0.4, -0.2) is 48.7 Å². The Morgan fingerprint density at radius 3 is 2.52 bits per heavy atom. The number of aliphatic hydroxyl groups is 1. The van der Waals surface area contributed by atoms with E-state index >= 15 is 0 Å². The summed E-state index contributed by atoms with van der Waals surface area (Å²) in [4.78, 5) is 11.8. The number of hydroxylamine groups is 1. The summed E-state index contributed by atoms with van der Waals surface area (Å²) in [7, 11) is -4.11. The lowest BCUT2D eigenvalue weighted by Crippen LogP contribution is -2.62. The van der Waals surface area contributed by atoms with Gasteiger partial charge in [-0.15, -0.1) is 0 Å². The van der Waals surface area contributed by atoms with E-state index in [0.717, 1.165) is 0 Å². The van der Waals surface area contributed by atoms with Gasteiger partial charge >= 0.3 is 0 Å². The molecular weight excluding hydrogens is 377 g/mol. The molecule has 2 aromatic rings. The maximum absolute atomic E-state index is 13.4. The number of sulfone groups is 1. The molecule has 1 fully saturated rings. The Bertz CT molecular complexity index is 947. The predicted octanol–water partition coefficient (Wildman–Crippen LogP) is 1.29. The van der Waals surface area contributed by atoms with Gasteiger partial charge in [-0.1, -0.05) is 24.3 Å². The van der Waals surface area contributed by atoms with Crippen LogP contribution in [0.2, 0.25) is 0 Å². The van der Waals surface area contributed by atoms with Crippen molar-refractivity contribution in [2.45, 2.75) is 22.2 Å². The number of nitrogens with one attached hydrogen (secondary N) is 1. The summed E-state index contributed by atoms with van der Waals surface area (Å²) in [6.45, 7) is -0.503. The molecule has 0 aliphatic carbocycles. The second-order valence-electron chi connectivity index (χ2n) is 6.27. The van der Waals surface area contributed by atoms with Crippen molar-refractivity contribution in [1.82, 2.24) is 5.48 Å². The first-order valence-corrected chi connectivity index (χ1v) is 9.68. The van der Waals surface area contributed by atoms with E-state index in [9.17, 15) is 22.7 Å². The van der Waals surface area contributed by atoms with E-state index < -0.39 is 39.0 Å². The maximum atomic E-state index is 13.4. The van der Waals surface area contributed by atoms with Crippen molar-refractivity contribution in [3.63, 3.8) is 0 Å². The molecule has 2 unspecified atom stereocenters. The van der Waals surface area contributed by atoms with Crippen LogP contribution in [0.25, 0.3) is 11.1 Å². The first kappa shape index (κ1) is 19.4. The molecule has 2 atom stereocenters. The molecule has 0 spiro atoms. The lowest BCUT2D eigenvalue weighted by molar-refractivity contribution is -0.161. The molecule has 3 rings (SSSR count). The maximum Gasteiger partial charge on any atom is 0.279 e. The van der Waals surface area contributed by atoms with E-state index in [1.807, 2.05) is 0 Å². The van der Waals surface area contributed by atoms with Crippen LogP contribution in [0.15, 0.2) is 53.4 Å². The third-order valence-electron chi connectivity index (χ3n) is 4.59. The van der Waals surface area contributed by atoms with Gasteiger partial charge in [-0.2, -0.15) is 0 Å². The average molecular weight is 395 g/mol. The van der Waals surface area contributed by atoms with E-state index in [-0.39, 0.29) is 17.9 Å². The summed E-state index contributed by atoms with van der Waals surface area (Å²) in [5.74, 6) is -1.65. The number of amides is 1. The van der Waals surface area contributed by atoms with Gasteiger partial charge in [-0.3, -0.25) is 10.0 Å². The molecule has 0 saturated carbocycles. The van der Waals surface area contributed by atoms with Crippen molar-refractivity contribution < 1.29 is 32.7 Å². The molecule has 1 heterocycles. The molecule has 7 nitrogen and oxygen atoms in total. The monoisotopic (exact) mass is 395 g/mol. The van der Waals surface area contributed by atoms with Crippen molar-refractivity contribution in [2.24, 2.45) is 0 Å². The Kier molecular flexibility index (Phi) is 5.29. The standard InChI is InChI=1S/C18H18FNO6S/c19-14-3-1-2-13(10-14)12-4-6-15(7-5-12)27(24,25)16-8-9-26-11-18(16,22)17(21)20-23/h1-7,10,16,22-23H,8-9,11H2,(H,20,21). The van der Waals surface area contributed by atoms with Gasteiger partial charge in [-0.25, -0.2) is 18.3 Å². The van der Waals surface area contributed by atoms with E-state index in [0.29, 0.717) is 11.1 Å². The molecule has 1 aliphatic rings. The van der Waals surface area contributed by atoms with Gasteiger partial charge in [-0.05, 0) is 41.8 Å². The molecule has 3 N–H and O–H groups in total. The molecular formula is C18H18FNO6S. The Balaban J connectivity index is 1.95. The second-order valence-corrected chi connectivity index (χ2v) is 8.41. The third kappa shape index (κ3) is 3.59. The smallest absolute Gasteiger partial charge is 0.279 e. The first-order valence-electron chi connectivity index (χ1n) is 8.13. The minimum absolute atomic E-state index is 0.0479. The van der Waals surface area contributed by atoms with E-state index in [4.69, 9.17) is 9.94 Å². The molecule has 0 bridgehead atoms. The molecule has 0 aromatic heterocycles. The van der Waals surface area contributed by atoms with Crippen molar-refractivity contribution in [3.05, 3.63) is 54.3 Å². The normalized spacial score (nSPS) is 23.0. The average Bonchev–Trinajstić information content (AvgIpc) is 2.67. The Labute approximate surface area is 155 Å². The molecule has 1 saturated heterocycles. The summed E-state index contributed by atoms with van der Waals surface area (Å²) < 4.78 is 44.4. The number of rotatable bonds is 4. The minimum atomic E-state index is -4.11. The van der Waals surface area contributed by atoms with Crippen molar-refractivity contribution in [2.75, 3.05) is 13.2 Å². The van der Waals surface area contributed by atoms with E-state index in [1.165, 1.54) is 41.9 Å². The zero-order valence-corrected chi connectivity index (χ0v) is 14.9. The quantitative estimate of drug-likeness (QED) is 0.531. The molecule has 9 heteroatoms. The van der Waals surface area contributed by atoms with Gasteiger partial charge in [0.2, 0.25) is 0 Å². The van der Waals surface area contributed by atoms with Crippen LogP contribution in [0.5, 0.6) is 0 Å².